The fraction of sp³-hybridized carbons (Fsp3) is 0.714. The van der Waals surface area contributed by atoms with E-state index < -0.39 is 90.3 Å². The van der Waals surface area contributed by atoms with Crippen LogP contribution in [0.3, 0.4) is 0 Å². The van der Waals surface area contributed by atoms with Crippen LogP contribution in [0.4, 0.5) is 9.59 Å². The Morgan fingerprint density at radius 2 is 1.32 bits per heavy atom. The van der Waals surface area contributed by atoms with Crippen LogP contribution in [0.15, 0.2) is 16.8 Å². The number of aliphatic carboxylic acids is 3. The van der Waals surface area contributed by atoms with Crippen LogP contribution in [-0.2, 0) is 62.0 Å². The van der Waals surface area contributed by atoms with Crippen LogP contribution in [0.25, 0.3) is 0 Å². The van der Waals surface area contributed by atoms with E-state index in [0.29, 0.717) is 32.4 Å². The number of carbonyl (C=O) groups is 9. The number of carboxylic acid groups (broad SMARTS) is 3. The number of cyclic esters (lactones) is 2. The molecule has 2 aliphatic carbocycles. The van der Waals surface area contributed by atoms with E-state index in [1.807, 2.05) is 0 Å². The summed E-state index contributed by atoms with van der Waals surface area (Å²) in [4.78, 5) is 105. The molecule has 65 heavy (non-hydrogen) atoms. The molecule has 4 rings (SSSR count). The molecule has 0 bridgehead atoms. The average molecular weight is 928 g/mol. The molecule has 23 nitrogen and oxygen atoms in total. The van der Waals surface area contributed by atoms with E-state index in [1.165, 1.54) is 27.0 Å². The number of alkyl carbamates (subject to hydrolysis) is 1. The number of unbranched alkanes of at least 4 members (excludes halogenated alkanes) is 5. The van der Waals surface area contributed by atoms with Crippen molar-refractivity contribution in [2.75, 3.05) is 26.8 Å². The summed E-state index contributed by atoms with van der Waals surface area (Å²) >= 11 is 0. The molecule has 0 aromatic rings. The van der Waals surface area contributed by atoms with E-state index in [1.54, 1.807) is 6.92 Å². The summed E-state index contributed by atoms with van der Waals surface area (Å²) in [7, 11) is 1.20. The topological polar surface area (TPSA) is 372 Å². The van der Waals surface area contributed by atoms with Crippen LogP contribution < -0.4 is 22.5 Å². The fourth-order valence-electron chi connectivity index (χ4n) is 7.94. The molecule has 366 valence electrons. The Labute approximate surface area is 376 Å². The number of methoxy groups -OCH3 is 1. The molecule has 2 aliphatic heterocycles. The molecular formula is C42H65N5O18. The van der Waals surface area contributed by atoms with Crippen LogP contribution in [0, 0.1) is 35.5 Å². The fourth-order valence-corrected chi connectivity index (χ4v) is 7.94. The number of esters is 1. The molecule has 10 N–H and O–H groups in total. The van der Waals surface area contributed by atoms with Gasteiger partial charge in [-0.1, -0.05) is 32.6 Å². The summed E-state index contributed by atoms with van der Waals surface area (Å²) in [6.07, 6.45) is 3.96. The van der Waals surface area contributed by atoms with Gasteiger partial charge in [-0.2, -0.15) is 0 Å². The van der Waals surface area contributed by atoms with Gasteiger partial charge in [-0.05, 0) is 77.8 Å². The Morgan fingerprint density at radius 1 is 0.815 bits per heavy atom. The van der Waals surface area contributed by atoms with Crippen LogP contribution in [0.1, 0.15) is 97.8 Å². The normalized spacial score (nSPS) is 27.2. The SMILES string of the molecule is CC(=O)[C@@H]1CC(C(=O)O)C[C@H](C(C)=O)C1.COC(=O)C1=C[C@H](N=C(N)N)[C@@H](C)C([C@H](OC(=O)NCCCCCCCCN)[C@H]2COC(=O)O2)O1.O=COC1C[C@@H](C(=O)O)C[C@@H](C(=O)O)C1. The Morgan fingerprint density at radius 3 is 1.78 bits per heavy atom. The molecule has 4 aliphatic rings. The zero-order valence-electron chi connectivity index (χ0n) is 37.3. The highest BCUT2D eigenvalue weighted by atomic mass is 16.8. The number of rotatable bonds is 20. The van der Waals surface area contributed by atoms with Crippen molar-refractivity contribution < 1.29 is 86.9 Å². The van der Waals surface area contributed by atoms with Gasteiger partial charge in [0, 0.05) is 24.3 Å². The maximum atomic E-state index is 12.6. The van der Waals surface area contributed by atoms with Crippen molar-refractivity contribution in [3.63, 3.8) is 0 Å². The molecule has 3 unspecified atom stereocenters. The van der Waals surface area contributed by atoms with E-state index in [9.17, 15) is 43.2 Å². The predicted octanol–water partition coefficient (Wildman–Crippen LogP) is 2.04. The first kappa shape index (κ1) is 55.1. The lowest BCUT2D eigenvalue weighted by atomic mass is 9.72. The number of guanidine groups is 1. The van der Waals surface area contributed by atoms with Gasteiger partial charge in [0.05, 0.1) is 30.9 Å². The van der Waals surface area contributed by atoms with Gasteiger partial charge < -0.3 is 66.3 Å². The number of Topliss-reactive ketones (excluding diaryl/α,β-unsaturated/α-hetero) is 2. The molecule has 3 fully saturated rings. The number of hydrogen-bond acceptors (Lipinski definition) is 17. The molecule has 2 saturated carbocycles. The summed E-state index contributed by atoms with van der Waals surface area (Å²) in [6, 6.07) is -0.681. The van der Waals surface area contributed by atoms with Crippen LogP contribution >= 0.6 is 0 Å². The number of ether oxygens (including phenoxy) is 6. The van der Waals surface area contributed by atoms with E-state index in [0.717, 1.165) is 38.5 Å². The molecule has 0 radical (unpaired) electrons. The van der Waals surface area contributed by atoms with E-state index >= 15 is 0 Å². The van der Waals surface area contributed by atoms with Crippen LogP contribution in [0.2, 0.25) is 0 Å². The Kier molecular flexibility index (Phi) is 23.8. The molecular weight excluding hydrogens is 862 g/mol. The third kappa shape index (κ3) is 18.9. The summed E-state index contributed by atoms with van der Waals surface area (Å²) < 4.78 is 30.9. The lowest BCUT2D eigenvalue weighted by Crippen LogP contribution is -2.52. The third-order valence-corrected chi connectivity index (χ3v) is 11.6. The number of amides is 1. The second kappa shape index (κ2) is 28.0. The molecule has 23 heteroatoms. The highest BCUT2D eigenvalue weighted by Gasteiger charge is 2.48. The first-order chi connectivity index (χ1) is 30.7. The van der Waals surface area contributed by atoms with Gasteiger partial charge in [0.2, 0.25) is 5.76 Å². The first-order valence-corrected chi connectivity index (χ1v) is 21.5. The lowest BCUT2D eigenvalue weighted by molar-refractivity contribution is -0.155. The molecule has 1 amide bonds. The number of ketones is 2. The van der Waals surface area contributed by atoms with Gasteiger partial charge in [0.25, 0.3) is 6.47 Å². The second-order valence-corrected chi connectivity index (χ2v) is 16.4. The number of hydrogen-bond donors (Lipinski definition) is 7. The average Bonchev–Trinajstić information content (AvgIpc) is 3.69. The van der Waals surface area contributed by atoms with Crippen molar-refractivity contribution in [1.82, 2.24) is 5.32 Å². The molecule has 0 spiro atoms. The largest absolute Gasteiger partial charge is 0.508 e. The van der Waals surface area contributed by atoms with Crippen molar-refractivity contribution in [3.8, 4) is 0 Å². The minimum Gasteiger partial charge on any atom is -0.481 e. The predicted molar refractivity (Wildman–Crippen MR) is 225 cm³/mol. The number of aliphatic imine (C=N–C) groups is 1. The minimum atomic E-state index is -1.11. The van der Waals surface area contributed by atoms with Gasteiger partial charge in [0.1, 0.15) is 30.4 Å². The van der Waals surface area contributed by atoms with Crippen molar-refractivity contribution in [2.45, 2.75) is 128 Å². The minimum absolute atomic E-state index is 0.00722. The summed E-state index contributed by atoms with van der Waals surface area (Å²) in [5, 5.41) is 29.2. The Balaban J connectivity index is 0.000000396. The zero-order chi connectivity index (χ0) is 48.8. The highest BCUT2D eigenvalue weighted by Crippen LogP contribution is 2.35. The number of nitrogens with two attached hydrogens (primary N) is 3. The van der Waals surface area contributed by atoms with Gasteiger partial charge in [-0.25, -0.2) is 19.4 Å². The molecule has 1 saturated heterocycles. The lowest BCUT2D eigenvalue weighted by Gasteiger charge is -2.38. The zero-order valence-corrected chi connectivity index (χ0v) is 37.3. The smallest absolute Gasteiger partial charge is 0.481 e. The monoisotopic (exact) mass is 927 g/mol. The Hall–Kier alpha value is -6.00. The van der Waals surface area contributed by atoms with Gasteiger partial charge >= 0.3 is 36.1 Å². The maximum Gasteiger partial charge on any atom is 0.508 e. The third-order valence-electron chi connectivity index (χ3n) is 11.6. The van der Waals surface area contributed by atoms with Crippen LogP contribution in [0.5, 0.6) is 0 Å². The standard InChI is InChI=1S/C22H37N5O8.C11H16O4.C9H12O6/c1-13-14(27-20(24)25)11-15(19(28)31-2)33-17(13)18(16-12-32-22(30)34-16)35-21(29)26-10-8-6-4-3-5-7-9-23;1-6(12)8-3-9(7(2)13)5-10(4-8)11(14)15;10-4-15-7-2-5(8(11)12)1-6(3-7)9(13)14/h11,13-14,16-18H,3-10,12,23H2,1-2H3,(H,26,29)(H4,24,25,27);8-10H,3-5H2,1-2H3,(H,14,15);4-7H,1-3H2,(H,11,12)(H,13,14)/t13-,14+,16-,17?,18-;8-,9+,10?;5-,6+,7?/m1../s1. The summed E-state index contributed by atoms with van der Waals surface area (Å²) in [5.74, 6) is -7.12. The number of nitrogens with zero attached hydrogens (tertiary/aromatic N) is 1. The van der Waals surface area contributed by atoms with E-state index in [-0.39, 0.29) is 67.5 Å². The maximum absolute atomic E-state index is 12.6. The number of nitrogens with one attached hydrogen (secondary N) is 1. The number of carbonyl (C=O) groups excluding carboxylic acids is 6. The second-order valence-electron chi connectivity index (χ2n) is 16.4. The molecule has 0 aromatic carbocycles. The molecule has 0 aromatic heterocycles. The quantitative estimate of drug-likeness (QED) is 0.0229. The highest BCUT2D eigenvalue weighted by molar-refractivity contribution is 5.87. The van der Waals surface area contributed by atoms with E-state index in [2.05, 4.69) is 15.0 Å². The molecule has 11 atom stereocenters. The summed E-state index contributed by atoms with van der Waals surface area (Å²) in [5.41, 5.74) is 16.6. The van der Waals surface area contributed by atoms with Crippen molar-refractivity contribution >= 4 is 60.1 Å². The van der Waals surface area contributed by atoms with Crippen molar-refractivity contribution in [1.29, 1.82) is 0 Å². The Bertz CT molecular complexity index is 1640. The molecule has 2 heterocycles. The van der Waals surface area contributed by atoms with Gasteiger partial charge in [-0.15, -0.1) is 0 Å². The van der Waals surface area contributed by atoms with E-state index in [4.69, 9.17) is 56.2 Å². The number of carboxylic acids is 3. The van der Waals surface area contributed by atoms with Gasteiger partial charge in [-0.3, -0.25) is 28.8 Å². The van der Waals surface area contributed by atoms with Crippen LogP contribution in [-0.4, -0.2) is 133 Å². The summed E-state index contributed by atoms with van der Waals surface area (Å²) in [6.45, 7) is 5.86. The van der Waals surface area contributed by atoms with Gasteiger partial charge in [0.15, 0.2) is 18.2 Å². The first-order valence-electron chi connectivity index (χ1n) is 21.5. The van der Waals surface area contributed by atoms with Crippen molar-refractivity contribution in [2.24, 2.45) is 57.7 Å². The van der Waals surface area contributed by atoms with Crippen molar-refractivity contribution in [3.05, 3.63) is 11.8 Å².